The Hall–Kier alpha value is -1.94. The third kappa shape index (κ3) is 62.6. The zero-order valence-electron chi connectivity index (χ0n) is 56.6. The van der Waals surface area contributed by atoms with Gasteiger partial charge in [0, 0.05) is 25.7 Å². The zero-order valence-corrected chi connectivity index (χ0v) is 58.4. The predicted molar refractivity (Wildman–Crippen MR) is 349 cm³/mol. The van der Waals surface area contributed by atoms with E-state index in [4.69, 9.17) is 37.0 Å². The van der Waals surface area contributed by atoms with Crippen LogP contribution in [-0.2, 0) is 65.4 Å². The van der Waals surface area contributed by atoms with Crippen LogP contribution >= 0.6 is 15.6 Å². The highest BCUT2D eigenvalue weighted by Gasteiger charge is 2.30. The van der Waals surface area contributed by atoms with Crippen molar-refractivity contribution >= 4 is 39.5 Å². The summed E-state index contributed by atoms with van der Waals surface area (Å²) in [6.07, 6.45) is 39.1. The molecule has 19 heteroatoms. The smallest absolute Gasteiger partial charge is 0.462 e. The summed E-state index contributed by atoms with van der Waals surface area (Å²) in [7, 11) is -9.90. The molecule has 5 atom stereocenters. The van der Waals surface area contributed by atoms with Crippen molar-refractivity contribution in [2.24, 2.45) is 23.7 Å². The first kappa shape index (κ1) is 85.1. The molecule has 2 unspecified atom stereocenters. The minimum Gasteiger partial charge on any atom is -0.462 e. The van der Waals surface area contributed by atoms with Crippen molar-refractivity contribution < 1.29 is 80.2 Å². The summed E-state index contributed by atoms with van der Waals surface area (Å²) in [5, 5.41) is 10.6. The van der Waals surface area contributed by atoms with Crippen molar-refractivity contribution in [1.29, 1.82) is 0 Å². The number of phosphoric ester groups is 2. The van der Waals surface area contributed by atoms with Crippen molar-refractivity contribution in [3.63, 3.8) is 0 Å². The maximum Gasteiger partial charge on any atom is 0.472 e. The molecule has 0 rings (SSSR count). The maximum atomic E-state index is 13.0. The molecule has 516 valence electrons. The number of phosphoric acid groups is 2. The van der Waals surface area contributed by atoms with Gasteiger partial charge in [-0.3, -0.25) is 37.3 Å². The molecule has 0 saturated heterocycles. The van der Waals surface area contributed by atoms with E-state index in [0.717, 1.165) is 114 Å². The lowest BCUT2D eigenvalue weighted by Crippen LogP contribution is -2.30. The number of unbranched alkanes of at least 4 members (excludes halogenated alkanes) is 31. The third-order valence-electron chi connectivity index (χ3n) is 15.6. The summed E-state index contributed by atoms with van der Waals surface area (Å²) in [4.78, 5) is 72.4. The Labute approximate surface area is 530 Å². The summed E-state index contributed by atoms with van der Waals surface area (Å²) in [5.41, 5.74) is 0. The van der Waals surface area contributed by atoms with Gasteiger partial charge in [-0.15, -0.1) is 0 Å². The van der Waals surface area contributed by atoms with Gasteiger partial charge in [-0.25, -0.2) is 9.13 Å². The van der Waals surface area contributed by atoms with E-state index in [-0.39, 0.29) is 25.7 Å². The molecule has 0 aliphatic heterocycles. The molecule has 87 heavy (non-hydrogen) atoms. The molecule has 0 aliphatic rings. The van der Waals surface area contributed by atoms with Gasteiger partial charge in [0.05, 0.1) is 26.4 Å². The van der Waals surface area contributed by atoms with E-state index in [2.05, 4.69) is 55.4 Å². The number of hydrogen-bond acceptors (Lipinski definition) is 15. The van der Waals surface area contributed by atoms with Crippen LogP contribution in [0, 0.1) is 23.7 Å². The van der Waals surface area contributed by atoms with Gasteiger partial charge in [0.15, 0.2) is 12.2 Å². The number of rotatable bonds is 65. The second-order valence-corrected chi connectivity index (χ2v) is 29.4. The molecule has 17 nitrogen and oxygen atoms in total. The number of carbonyl (C=O) groups excluding carboxylic acids is 4. The SMILES string of the molecule is CC(C)CCCCCCCCCCCCCC(=O)O[C@H](COC(=O)CCCCCCCCC(C)C)COP(=O)(O)OC[C@H](O)COP(=O)(O)OC[C@@H](COC(=O)CCCCCCCCCCCC(C)C)OC(=O)CCCCCCCCCCCC(C)C. The van der Waals surface area contributed by atoms with Gasteiger partial charge < -0.3 is 33.8 Å². The van der Waals surface area contributed by atoms with E-state index in [1.54, 1.807) is 0 Å². The van der Waals surface area contributed by atoms with Gasteiger partial charge in [-0.1, -0.05) is 280 Å². The first-order valence-corrected chi connectivity index (χ1v) is 38.2. The summed E-state index contributed by atoms with van der Waals surface area (Å²) >= 11 is 0. The van der Waals surface area contributed by atoms with E-state index >= 15 is 0 Å². The largest absolute Gasteiger partial charge is 0.472 e. The van der Waals surface area contributed by atoms with Crippen LogP contribution in [-0.4, -0.2) is 96.7 Å². The first-order valence-electron chi connectivity index (χ1n) is 35.2. The number of aliphatic hydroxyl groups is 1. The fourth-order valence-electron chi connectivity index (χ4n) is 10.1. The van der Waals surface area contributed by atoms with Crippen LogP contribution in [0.4, 0.5) is 0 Å². The van der Waals surface area contributed by atoms with Crippen LogP contribution in [0.25, 0.3) is 0 Å². The highest BCUT2D eigenvalue weighted by atomic mass is 31.2. The summed E-state index contributed by atoms with van der Waals surface area (Å²) in [6, 6.07) is 0. The summed E-state index contributed by atoms with van der Waals surface area (Å²) < 4.78 is 68.2. The Morgan fingerprint density at radius 2 is 0.483 bits per heavy atom. The van der Waals surface area contributed by atoms with Crippen LogP contribution in [0.1, 0.15) is 331 Å². The molecule has 0 bridgehead atoms. The Morgan fingerprint density at radius 3 is 0.713 bits per heavy atom. The average molecular weight is 1280 g/mol. The van der Waals surface area contributed by atoms with Crippen LogP contribution < -0.4 is 0 Å². The van der Waals surface area contributed by atoms with Gasteiger partial charge >= 0.3 is 39.5 Å². The highest BCUT2D eigenvalue weighted by molar-refractivity contribution is 7.47. The van der Waals surface area contributed by atoms with Gasteiger partial charge in [0.1, 0.15) is 19.3 Å². The van der Waals surface area contributed by atoms with Crippen molar-refractivity contribution in [1.82, 2.24) is 0 Å². The molecule has 0 aromatic carbocycles. The molecule has 0 saturated carbocycles. The molecule has 0 radical (unpaired) electrons. The second-order valence-electron chi connectivity index (χ2n) is 26.5. The Morgan fingerprint density at radius 1 is 0.287 bits per heavy atom. The standard InChI is InChI=1S/C68H132O17P2/c1-58(2)44-36-28-20-14-10-9-11-17-24-34-42-50-67(72)85-64(55-79-66(71)49-41-33-27-26-31-39-47-61(7)8)57-83-87(76,77)81-53-62(69)52-80-86(74,75)82-56-63(84-68(73)51-43-35-25-19-13-16-22-30-38-46-60(5)6)54-78-65(70)48-40-32-23-18-12-15-21-29-37-45-59(3)4/h58-64,69H,9-57H2,1-8H3,(H,74,75)(H,76,77)/t62-,63-,64-/m1/s1. The minimum atomic E-state index is -4.95. The second kappa shape index (κ2) is 57.9. The summed E-state index contributed by atoms with van der Waals surface area (Å²) in [6.45, 7) is 14.0. The summed E-state index contributed by atoms with van der Waals surface area (Å²) in [5.74, 6) is 0.791. The quantitative estimate of drug-likeness (QED) is 0.0222. The normalized spacial score (nSPS) is 14.3. The lowest BCUT2D eigenvalue weighted by molar-refractivity contribution is -0.161. The Kier molecular flexibility index (Phi) is 56.6. The molecule has 0 spiro atoms. The maximum absolute atomic E-state index is 13.0. The molecule has 3 N–H and O–H groups in total. The first-order chi connectivity index (χ1) is 41.6. The molecular formula is C68H132O17P2. The van der Waals surface area contributed by atoms with Crippen molar-refractivity contribution in [3.8, 4) is 0 Å². The Balaban J connectivity index is 5.25. The third-order valence-corrected chi connectivity index (χ3v) is 17.5. The number of ether oxygens (including phenoxy) is 4. The van der Waals surface area contributed by atoms with Crippen molar-refractivity contribution in [3.05, 3.63) is 0 Å². The van der Waals surface area contributed by atoms with Crippen molar-refractivity contribution in [2.75, 3.05) is 39.6 Å². The number of aliphatic hydroxyl groups excluding tert-OH is 1. The van der Waals surface area contributed by atoms with Crippen molar-refractivity contribution in [2.45, 2.75) is 350 Å². The van der Waals surface area contributed by atoms with Crippen LogP contribution in [0.3, 0.4) is 0 Å². The number of carbonyl (C=O) groups is 4. The fraction of sp³-hybridized carbons (Fsp3) is 0.941. The van der Waals surface area contributed by atoms with Crippen LogP contribution in [0.5, 0.6) is 0 Å². The molecule has 0 amide bonds. The van der Waals surface area contributed by atoms with E-state index in [9.17, 15) is 43.2 Å². The lowest BCUT2D eigenvalue weighted by atomic mass is 10.0. The topological polar surface area (TPSA) is 237 Å². The average Bonchev–Trinajstić information content (AvgIpc) is 3.58. The van der Waals surface area contributed by atoms with Gasteiger partial charge in [0.2, 0.25) is 0 Å². The minimum absolute atomic E-state index is 0.104. The van der Waals surface area contributed by atoms with Gasteiger partial charge in [-0.2, -0.15) is 0 Å². The lowest BCUT2D eigenvalue weighted by Gasteiger charge is -2.21. The zero-order chi connectivity index (χ0) is 64.7. The number of esters is 4. The van der Waals surface area contributed by atoms with Crippen LogP contribution in [0.15, 0.2) is 0 Å². The van der Waals surface area contributed by atoms with E-state index in [0.29, 0.717) is 31.6 Å². The van der Waals surface area contributed by atoms with Gasteiger partial charge in [0.25, 0.3) is 0 Å². The fourth-order valence-corrected chi connectivity index (χ4v) is 11.7. The molecule has 0 aromatic heterocycles. The van der Waals surface area contributed by atoms with Crippen LogP contribution in [0.2, 0.25) is 0 Å². The Bertz CT molecular complexity index is 1730. The van der Waals surface area contributed by atoms with E-state index < -0.39 is 97.5 Å². The van der Waals surface area contributed by atoms with Gasteiger partial charge in [-0.05, 0) is 49.4 Å². The molecule has 0 fully saturated rings. The number of hydrogen-bond donors (Lipinski definition) is 3. The molecule has 0 aromatic rings. The monoisotopic (exact) mass is 1280 g/mol. The van der Waals surface area contributed by atoms with E-state index in [1.165, 1.54) is 128 Å². The molecule has 0 aliphatic carbocycles. The highest BCUT2D eigenvalue weighted by Crippen LogP contribution is 2.45. The predicted octanol–water partition coefficient (Wildman–Crippen LogP) is 18.9. The molecular weight excluding hydrogens is 1150 g/mol. The molecule has 0 heterocycles. The van der Waals surface area contributed by atoms with E-state index in [1.807, 2.05) is 0 Å².